The molecule has 1 amide bonds. The Kier molecular flexibility index (Phi) is 4.93. The lowest BCUT2D eigenvalue weighted by molar-refractivity contribution is 0.0950. The fraction of sp³-hybridized carbons (Fsp3) is 0.235. The number of halogens is 1. The lowest BCUT2D eigenvalue weighted by atomic mass is 10.1. The average molecular weight is 287 g/mol. The Balaban J connectivity index is 1.90. The predicted molar refractivity (Wildman–Crippen MR) is 80.2 cm³/mol. The van der Waals surface area contributed by atoms with Crippen LogP contribution in [0.4, 0.5) is 4.39 Å². The van der Waals surface area contributed by atoms with Crippen LogP contribution in [-0.2, 0) is 6.42 Å². The summed E-state index contributed by atoms with van der Waals surface area (Å²) in [5.41, 5.74) is 1.64. The van der Waals surface area contributed by atoms with E-state index in [1.54, 1.807) is 26.2 Å². The van der Waals surface area contributed by atoms with Crippen molar-refractivity contribution in [3.05, 3.63) is 65.0 Å². The van der Waals surface area contributed by atoms with Gasteiger partial charge in [-0.25, -0.2) is 4.39 Å². The number of aryl methyl sites for hydroxylation is 1. The fourth-order valence-electron chi connectivity index (χ4n) is 2.03. The van der Waals surface area contributed by atoms with E-state index in [4.69, 9.17) is 4.74 Å². The highest BCUT2D eigenvalue weighted by atomic mass is 19.1. The number of hydrogen-bond acceptors (Lipinski definition) is 2. The molecule has 0 aliphatic carbocycles. The van der Waals surface area contributed by atoms with E-state index in [-0.39, 0.29) is 11.5 Å². The first-order valence-corrected chi connectivity index (χ1v) is 6.78. The van der Waals surface area contributed by atoms with Crippen molar-refractivity contribution in [3.63, 3.8) is 0 Å². The number of carbonyl (C=O) groups is 1. The van der Waals surface area contributed by atoms with E-state index >= 15 is 0 Å². The van der Waals surface area contributed by atoms with Crippen LogP contribution in [0.1, 0.15) is 21.5 Å². The van der Waals surface area contributed by atoms with E-state index in [1.807, 2.05) is 24.3 Å². The first-order chi connectivity index (χ1) is 10.1. The summed E-state index contributed by atoms with van der Waals surface area (Å²) in [6.07, 6.45) is 0.684. The summed E-state index contributed by atoms with van der Waals surface area (Å²) >= 11 is 0. The monoisotopic (exact) mass is 287 g/mol. The summed E-state index contributed by atoms with van der Waals surface area (Å²) in [6.45, 7) is 2.10. The van der Waals surface area contributed by atoms with Gasteiger partial charge in [0.25, 0.3) is 5.91 Å². The maximum Gasteiger partial charge on any atom is 0.254 e. The van der Waals surface area contributed by atoms with Crippen LogP contribution in [0.2, 0.25) is 0 Å². The minimum absolute atomic E-state index is 0.0877. The molecule has 0 unspecified atom stereocenters. The van der Waals surface area contributed by atoms with Crippen LogP contribution in [-0.4, -0.2) is 19.6 Å². The minimum atomic E-state index is -0.459. The molecule has 0 bridgehead atoms. The van der Waals surface area contributed by atoms with Crippen LogP contribution in [0.3, 0.4) is 0 Å². The Bertz CT molecular complexity index is 623. The SMILES string of the molecule is COc1ccc(CCNC(=O)c2cccc(C)c2F)cc1. The normalized spacial score (nSPS) is 10.2. The maximum atomic E-state index is 13.8. The third kappa shape index (κ3) is 3.81. The van der Waals surface area contributed by atoms with E-state index in [0.29, 0.717) is 18.5 Å². The van der Waals surface area contributed by atoms with Crippen molar-refractivity contribution < 1.29 is 13.9 Å². The highest BCUT2D eigenvalue weighted by Gasteiger charge is 2.12. The Morgan fingerprint density at radius 1 is 1.19 bits per heavy atom. The highest BCUT2D eigenvalue weighted by molar-refractivity contribution is 5.94. The van der Waals surface area contributed by atoms with Gasteiger partial charge in [-0.15, -0.1) is 0 Å². The number of amides is 1. The summed E-state index contributed by atoms with van der Waals surface area (Å²) < 4.78 is 18.9. The number of hydrogen-bond donors (Lipinski definition) is 1. The summed E-state index contributed by atoms with van der Waals surface area (Å²) in [4.78, 5) is 11.9. The molecular formula is C17H18FNO2. The van der Waals surface area contributed by atoms with Crippen molar-refractivity contribution in [2.24, 2.45) is 0 Å². The van der Waals surface area contributed by atoms with Crippen molar-refractivity contribution in [3.8, 4) is 5.75 Å². The van der Waals surface area contributed by atoms with Crippen molar-refractivity contribution in [1.82, 2.24) is 5.32 Å². The van der Waals surface area contributed by atoms with Gasteiger partial charge in [0, 0.05) is 6.54 Å². The van der Waals surface area contributed by atoms with E-state index < -0.39 is 5.82 Å². The second kappa shape index (κ2) is 6.88. The smallest absolute Gasteiger partial charge is 0.254 e. The largest absolute Gasteiger partial charge is 0.497 e. The summed E-state index contributed by atoms with van der Waals surface area (Å²) in [7, 11) is 1.62. The standard InChI is InChI=1S/C17H18FNO2/c1-12-4-3-5-15(16(12)18)17(20)19-11-10-13-6-8-14(21-2)9-7-13/h3-9H,10-11H2,1-2H3,(H,19,20). The molecule has 1 N–H and O–H groups in total. The predicted octanol–water partition coefficient (Wildman–Crippen LogP) is 3.12. The second-order valence-corrected chi connectivity index (χ2v) is 4.79. The summed E-state index contributed by atoms with van der Waals surface area (Å²) in [5.74, 6) is -0.0474. The zero-order valence-electron chi connectivity index (χ0n) is 12.2. The lowest BCUT2D eigenvalue weighted by Crippen LogP contribution is -2.26. The molecule has 0 heterocycles. The molecule has 2 rings (SSSR count). The fourth-order valence-corrected chi connectivity index (χ4v) is 2.03. The molecule has 0 saturated carbocycles. The molecule has 2 aromatic rings. The molecule has 0 saturated heterocycles. The molecular weight excluding hydrogens is 269 g/mol. The van der Waals surface area contributed by atoms with Crippen molar-refractivity contribution >= 4 is 5.91 Å². The number of methoxy groups -OCH3 is 1. The molecule has 0 fully saturated rings. The Morgan fingerprint density at radius 3 is 2.57 bits per heavy atom. The van der Waals surface area contributed by atoms with Crippen LogP contribution in [0.15, 0.2) is 42.5 Å². The van der Waals surface area contributed by atoms with Crippen molar-refractivity contribution in [1.29, 1.82) is 0 Å². The number of nitrogens with one attached hydrogen (secondary N) is 1. The van der Waals surface area contributed by atoms with Gasteiger partial charge in [-0.1, -0.05) is 24.3 Å². The molecule has 21 heavy (non-hydrogen) atoms. The van der Waals surface area contributed by atoms with Gasteiger partial charge in [-0.2, -0.15) is 0 Å². The first-order valence-electron chi connectivity index (χ1n) is 6.78. The van der Waals surface area contributed by atoms with Gasteiger partial charge in [0.1, 0.15) is 11.6 Å². The maximum absolute atomic E-state index is 13.8. The average Bonchev–Trinajstić information content (AvgIpc) is 2.50. The van der Waals surface area contributed by atoms with Crippen LogP contribution < -0.4 is 10.1 Å². The van der Waals surface area contributed by atoms with Crippen molar-refractivity contribution in [2.75, 3.05) is 13.7 Å². The lowest BCUT2D eigenvalue weighted by Gasteiger charge is -2.08. The van der Waals surface area contributed by atoms with Gasteiger partial charge in [0.15, 0.2) is 0 Å². The van der Waals surface area contributed by atoms with Gasteiger partial charge >= 0.3 is 0 Å². The molecule has 0 radical (unpaired) electrons. The molecule has 0 spiro atoms. The number of benzene rings is 2. The third-order valence-electron chi connectivity index (χ3n) is 3.29. The Hall–Kier alpha value is -2.36. The summed E-state index contributed by atoms with van der Waals surface area (Å²) in [6, 6.07) is 12.4. The minimum Gasteiger partial charge on any atom is -0.497 e. The van der Waals surface area contributed by atoms with Gasteiger partial charge in [0.05, 0.1) is 12.7 Å². The van der Waals surface area contributed by atoms with Gasteiger partial charge in [-0.3, -0.25) is 4.79 Å². The van der Waals surface area contributed by atoms with Crippen LogP contribution in [0.5, 0.6) is 5.75 Å². The summed E-state index contributed by atoms with van der Waals surface area (Å²) in [5, 5.41) is 2.73. The molecule has 0 aromatic heterocycles. The Labute approximate surface area is 123 Å². The Morgan fingerprint density at radius 2 is 1.90 bits per heavy atom. The van der Waals surface area contributed by atoms with Crippen LogP contribution >= 0.6 is 0 Å². The highest BCUT2D eigenvalue weighted by Crippen LogP contribution is 2.13. The van der Waals surface area contributed by atoms with Crippen LogP contribution in [0, 0.1) is 12.7 Å². The van der Waals surface area contributed by atoms with Crippen LogP contribution in [0.25, 0.3) is 0 Å². The zero-order chi connectivity index (χ0) is 15.2. The molecule has 4 heteroatoms. The van der Waals surface area contributed by atoms with Crippen molar-refractivity contribution in [2.45, 2.75) is 13.3 Å². The molecule has 0 aliphatic heterocycles. The third-order valence-corrected chi connectivity index (χ3v) is 3.29. The molecule has 3 nitrogen and oxygen atoms in total. The second-order valence-electron chi connectivity index (χ2n) is 4.79. The molecule has 110 valence electrons. The number of ether oxygens (including phenoxy) is 1. The van der Waals surface area contributed by atoms with E-state index in [1.165, 1.54) is 6.07 Å². The van der Waals surface area contributed by atoms with Gasteiger partial charge in [-0.05, 0) is 42.7 Å². The molecule has 0 aliphatic rings. The van der Waals surface area contributed by atoms with E-state index in [2.05, 4.69) is 5.32 Å². The first kappa shape index (κ1) is 15.0. The van der Waals surface area contributed by atoms with Gasteiger partial charge in [0.2, 0.25) is 0 Å². The van der Waals surface area contributed by atoms with E-state index in [0.717, 1.165) is 11.3 Å². The molecule has 0 atom stereocenters. The quantitative estimate of drug-likeness (QED) is 0.917. The van der Waals surface area contributed by atoms with E-state index in [9.17, 15) is 9.18 Å². The zero-order valence-corrected chi connectivity index (χ0v) is 12.2. The number of carbonyl (C=O) groups excluding carboxylic acids is 1. The molecule has 2 aromatic carbocycles. The topological polar surface area (TPSA) is 38.3 Å². The number of rotatable bonds is 5. The van der Waals surface area contributed by atoms with Gasteiger partial charge < -0.3 is 10.1 Å².